The molecule has 0 bridgehead atoms. The molecule has 2 heterocycles. The average Bonchev–Trinajstić information content (AvgIpc) is 3.13. The molecule has 0 saturated heterocycles. The summed E-state index contributed by atoms with van der Waals surface area (Å²) >= 11 is 1.93. The molecule has 4 aromatic carbocycles. The Morgan fingerprint density at radius 2 is 1.41 bits per heavy atom. The number of aliphatic hydroxyl groups excluding tert-OH is 1. The molecule has 1 aliphatic heterocycles. The van der Waals surface area contributed by atoms with Gasteiger partial charge in [0.1, 0.15) is 5.76 Å². The molecule has 1 aliphatic rings. The molecule has 0 spiro atoms. The zero-order chi connectivity index (χ0) is 38.9. The number of ketones is 1. The van der Waals surface area contributed by atoms with Gasteiger partial charge in [-0.3, -0.25) is 9.78 Å². The van der Waals surface area contributed by atoms with Crippen molar-refractivity contribution in [2.45, 2.75) is 138 Å². The molecule has 0 atom stereocenters. The minimum Gasteiger partial charge on any atom is -0.512 e. The van der Waals surface area contributed by atoms with Gasteiger partial charge >= 0.3 is 0 Å². The van der Waals surface area contributed by atoms with Crippen LogP contribution in [-0.2, 0) is 37.7 Å². The summed E-state index contributed by atoms with van der Waals surface area (Å²) in [6.45, 7) is 26.1. The topological polar surface area (TPSA) is 50.2 Å². The first kappa shape index (κ1) is 43.7. The second-order valence-corrected chi connectivity index (χ2v) is 19.2. The second kappa shape index (κ2) is 17.0. The molecule has 0 fully saturated rings. The van der Waals surface area contributed by atoms with E-state index < -0.39 is 0 Å². The number of pyridine rings is 1. The van der Waals surface area contributed by atoms with Crippen molar-refractivity contribution in [2.75, 3.05) is 0 Å². The van der Waals surface area contributed by atoms with Gasteiger partial charge in [-0.25, -0.2) is 0 Å². The quantitative estimate of drug-likeness (QED) is 0.0644. The molecule has 1 N–H and O–H groups in total. The molecule has 5 heteroatoms. The fourth-order valence-corrected chi connectivity index (χ4v) is 8.51. The predicted molar refractivity (Wildman–Crippen MR) is 229 cm³/mol. The van der Waals surface area contributed by atoms with Crippen LogP contribution in [-0.4, -0.2) is 15.9 Å². The number of benzene rings is 4. The zero-order valence-electron chi connectivity index (χ0n) is 34.8. The van der Waals surface area contributed by atoms with Crippen LogP contribution in [0.5, 0.6) is 0 Å². The van der Waals surface area contributed by atoms with Crippen LogP contribution in [0.25, 0.3) is 43.6 Å². The summed E-state index contributed by atoms with van der Waals surface area (Å²) in [4.78, 5) is 19.8. The van der Waals surface area contributed by atoms with Gasteiger partial charge in [0.25, 0.3) is 0 Å². The first-order valence-electron chi connectivity index (χ1n) is 19.8. The zero-order valence-corrected chi connectivity index (χ0v) is 38.1. The molecule has 291 valence electrons. The summed E-state index contributed by atoms with van der Waals surface area (Å²) in [5.41, 5.74) is 5.03. The molecule has 3 nitrogen and oxygen atoms in total. The van der Waals surface area contributed by atoms with Crippen LogP contribution in [0.15, 0.2) is 82.4 Å². The van der Waals surface area contributed by atoms with Crippen LogP contribution >= 0.6 is 11.8 Å². The second-order valence-electron chi connectivity index (χ2n) is 18.2. The first-order chi connectivity index (χ1) is 24.9. The van der Waals surface area contributed by atoms with Gasteiger partial charge in [-0.1, -0.05) is 136 Å². The van der Waals surface area contributed by atoms with Crippen molar-refractivity contribution >= 4 is 49.9 Å². The summed E-state index contributed by atoms with van der Waals surface area (Å²) in [6.07, 6.45) is 10.0. The molecule has 0 saturated carbocycles. The maximum absolute atomic E-state index is 12.2. The number of rotatable bonds is 10. The Morgan fingerprint density at radius 1 is 0.778 bits per heavy atom. The van der Waals surface area contributed by atoms with Gasteiger partial charge in [-0.2, -0.15) is 0 Å². The van der Waals surface area contributed by atoms with Crippen LogP contribution in [0.2, 0.25) is 0 Å². The molecule has 54 heavy (non-hydrogen) atoms. The van der Waals surface area contributed by atoms with E-state index in [0.29, 0.717) is 5.41 Å². The van der Waals surface area contributed by atoms with Crippen LogP contribution in [0.4, 0.5) is 0 Å². The number of carbonyl (C=O) groups is 1. The van der Waals surface area contributed by atoms with Crippen molar-refractivity contribution < 1.29 is 30.0 Å². The van der Waals surface area contributed by atoms with Crippen LogP contribution < -0.4 is 0 Å². The van der Waals surface area contributed by atoms with Gasteiger partial charge < -0.3 is 5.11 Å². The van der Waals surface area contributed by atoms with Gasteiger partial charge in [-0.05, 0) is 99.9 Å². The third kappa shape index (κ3) is 9.17. The van der Waals surface area contributed by atoms with E-state index in [2.05, 4.69) is 102 Å². The molecule has 0 aliphatic carbocycles. The summed E-state index contributed by atoms with van der Waals surface area (Å²) in [7, 11) is 0. The molecule has 5 aromatic rings. The van der Waals surface area contributed by atoms with E-state index in [9.17, 15) is 9.90 Å². The van der Waals surface area contributed by atoms with Crippen molar-refractivity contribution in [2.24, 2.45) is 21.7 Å². The van der Waals surface area contributed by atoms with Crippen LogP contribution in [0.3, 0.4) is 0 Å². The molecule has 0 unspecified atom stereocenters. The third-order valence-corrected chi connectivity index (χ3v) is 13.1. The van der Waals surface area contributed by atoms with Gasteiger partial charge in [0, 0.05) is 53.8 Å². The summed E-state index contributed by atoms with van der Waals surface area (Å²) in [5, 5.41) is 18.0. The number of aryl methyl sites for hydroxylation is 1. The number of aromatic nitrogens is 1. The Morgan fingerprint density at radius 3 is 2.02 bits per heavy atom. The van der Waals surface area contributed by atoms with Crippen molar-refractivity contribution in [3.05, 3.63) is 89.8 Å². The van der Waals surface area contributed by atoms with Crippen LogP contribution in [0.1, 0.15) is 126 Å². The summed E-state index contributed by atoms with van der Waals surface area (Å²) in [5.74, 6) is 0.286. The number of carbonyl (C=O) groups excluding carboxylic acids is 1. The summed E-state index contributed by atoms with van der Waals surface area (Å²) < 4.78 is 0. The minimum atomic E-state index is -0.337. The number of aliphatic hydroxyl groups is 1. The number of fused-ring (bicyclic) bond motifs is 5. The fourth-order valence-electron chi connectivity index (χ4n) is 7.25. The molecular formula is C49H62IrNO2S-. The Balaban J connectivity index is 0.000000309. The van der Waals surface area contributed by atoms with E-state index in [1.165, 1.54) is 71.3 Å². The number of hydrogen-bond acceptors (Lipinski definition) is 4. The molecule has 6 rings (SSSR count). The van der Waals surface area contributed by atoms with E-state index in [1.54, 1.807) is 0 Å². The predicted octanol–water partition coefficient (Wildman–Crippen LogP) is 14.7. The Bertz CT molecular complexity index is 2160. The van der Waals surface area contributed by atoms with Crippen molar-refractivity contribution in [1.29, 1.82) is 0 Å². The van der Waals surface area contributed by atoms with E-state index in [-0.39, 0.29) is 47.9 Å². The molecule has 0 amide bonds. The molecule has 1 radical (unpaired) electrons. The van der Waals surface area contributed by atoms with Gasteiger partial charge in [0.2, 0.25) is 0 Å². The first-order valence-corrected chi connectivity index (χ1v) is 20.6. The standard InChI is InChI=1S/C34H34NS.C15H28O2.Ir/c1-33(2,3)16-14-21-11-9-13-24-25-15-17-35-31-27-18-22-10-7-8-12-23(22)28(20-34(4,5)6)32(27)36-29(30(25)31)19-26(21)24;1-7-14(5,8-2)12(16)11-13(17)15(6,9-3)10-4;/h7-13,15,17,19H,14,16,20H2,1-6H3;11,16H,7-10H2,1-6H3;/q-1;;/b;12-11-;. The smallest absolute Gasteiger partial charge is 0.164 e. The Kier molecular flexibility index (Phi) is 13.8. The SMILES string of the molecule is CC(C)(C)CCc1cccc2c1cc1c3c(nccc32)-c2[c-]c3ccccc3c(CC(C)(C)C)c2S1.CCC(C)(CC)C(=O)/C=C(\O)C(C)(CC)CC.[Ir]. The average molecular weight is 921 g/mol. The maximum Gasteiger partial charge on any atom is 0.164 e. The van der Waals surface area contributed by atoms with Crippen molar-refractivity contribution in [3.63, 3.8) is 0 Å². The van der Waals surface area contributed by atoms with E-state index in [4.69, 9.17) is 4.98 Å². The van der Waals surface area contributed by atoms with Crippen molar-refractivity contribution in [1.82, 2.24) is 4.98 Å². The minimum absolute atomic E-state index is 0. The monoisotopic (exact) mass is 921 g/mol. The van der Waals surface area contributed by atoms with E-state index >= 15 is 0 Å². The van der Waals surface area contributed by atoms with E-state index in [1.807, 2.05) is 59.5 Å². The van der Waals surface area contributed by atoms with Crippen LogP contribution in [0, 0.1) is 27.7 Å². The fraction of sp³-hybridized carbons (Fsp3) is 0.469. The largest absolute Gasteiger partial charge is 0.512 e. The number of hydrogen-bond donors (Lipinski definition) is 1. The van der Waals surface area contributed by atoms with E-state index in [0.717, 1.165) is 44.2 Å². The Labute approximate surface area is 343 Å². The van der Waals surface area contributed by atoms with Gasteiger partial charge in [0.05, 0.1) is 0 Å². The van der Waals surface area contributed by atoms with Crippen molar-refractivity contribution in [3.8, 4) is 11.3 Å². The number of nitrogens with zero attached hydrogens (tertiary/aromatic N) is 1. The maximum atomic E-state index is 12.2. The Hall–Kier alpha value is -2.98. The third-order valence-electron chi connectivity index (χ3n) is 11.9. The van der Waals surface area contributed by atoms with Gasteiger partial charge in [-0.15, -0.1) is 29.3 Å². The number of allylic oxidation sites excluding steroid dienone is 2. The molecule has 1 aromatic heterocycles. The molecular weight excluding hydrogens is 859 g/mol. The summed E-state index contributed by atoms with van der Waals surface area (Å²) in [6, 6.07) is 24.0. The van der Waals surface area contributed by atoms with Gasteiger partial charge in [0.15, 0.2) is 5.78 Å². The normalized spacial score (nSPS) is 13.4.